The van der Waals surface area contributed by atoms with Crippen LogP contribution in [0.5, 0.6) is 23.0 Å². The lowest BCUT2D eigenvalue weighted by atomic mass is 10.2. The van der Waals surface area contributed by atoms with Gasteiger partial charge < -0.3 is 18.9 Å². The molecule has 0 aromatic heterocycles. The minimum atomic E-state index is -0.408. The zero-order valence-electron chi connectivity index (χ0n) is 21.1. The fourth-order valence-electron chi connectivity index (χ4n) is 3.28. The molecule has 0 atom stereocenters. The predicted molar refractivity (Wildman–Crippen MR) is 142 cm³/mol. The van der Waals surface area contributed by atoms with Gasteiger partial charge in [-0.25, -0.2) is 9.82 Å². The highest BCUT2D eigenvalue weighted by Crippen LogP contribution is 2.37. The van der Waals surface area contributed by atoms with Crippen LogP contribution in [-0.2, 0) is 6.61 Å². The van der Waals surface area contributed by atoms with Crippen molar-refractivity contribution in [1.82, 2.24) is 5.43 Å². The van der Waals surface area contributed by atoms with E-state index < -0.39 is 5.91 Å². The maximum atomic E-state index is 13.1. The number of amides is 1. The number of hydrogen-bond donors (Lipinski definition) is 1. The zero-order chi connectivity index (χ0) is 26.6. The highest BCUT2D eigenvalue weighted by atomic mass is 35.5. The number of rotatable bonds is 13. The second-order valence-corrected chi connectivity index (χ2v) is 8.23. The van der Waals surface area contributed by atoms with Crippen LogP contribution in [-0.4, -0.2) is 31.9 Å². The van der Waals surface area contributed by atoms with Gasteiger partial charge in [-0.05, 0) is 73.9 Å². The van der Waals surface area contributed by atoms with Gasteiger partial charge >= 0.3 is 0 Å². The van der Waals surface area contributed by atoms with Crippen LogP contribution in [0.4, 0.5) is 4.39 Å². The second kappa shape index (κ2) is 14.1. The van der Waals surface area contributed by atoms with Gasteiger partial charge in [0.15, 0.2) is 23.0 Å². The van der Waals surface area contributed by atoms with E-state index in [-0.39, 0.29) is 12.4 Å². The van der Waals surface area contributed by atoms with Crippen molar-refractivity contribution in [2.75, 3.05) is 19.8 Å². The van der Waals surface area contributed by atoms with Gasteiger partial charge in [-0.15, -0.1) is 0 Å². The highest BCUT2D eigenvalue weighted by Gasteiger charge is 2.14. The van der Waals surface area contributed by atoms with E-state index in [0.717, 1.165) is 12.0 Å². The van der Waals surface area contributed by atoms with Gasteiger partial charge in [0, 0.05) is 5.56 Å². The smallest absolute Gasteiger partial charge is 0.271 e. The maximum Gasteiger partial charge on any atom is 0.271 e. The van der Waals surface area contributed by atoms with E-state index in [2.05, 4.69) is 10.5 Å². The summed E-state index contributed by atoms with van der Waals surface area (Å²) < 4.78 is 36.0. The number of ether oxygens (including phenoxy) is 4. The lowest BCUT2D eigenvalue weighted by molar-refractivity contribution is 0.0954. The van der Waals surface area contributed by atoms with Crippen LogP contribution in [0.2, 0.25) is 5.02 Å². The summed E-state index contributed by atoms with van der Waals surface area (Å²) in [6.07, 6.45) is 2.32. The third-order valence-electron chi connectivity index (χ3n) is 4.98. The van der Waals surface area contributed by atoms with Gasteiger partial charge in [0.1, 0.15) is 12.4 Å². The summed E-state index contributed by atoms with van der Waals surface area (Å²) in [5, 5.41) is 4.36. The van der Waals surface area contributed by atoms with Crippen LogP contribution in [0.3, 0.4) is 0 Å². The van der Waals surface area contributed by atoms with E-state index >= 15 is 0 Å². The Morgan fingerprint density at radius 3 is 2.35 bits per heavy atom. The number of carbonyl (C=O) groups excluding carboxylic acids is 1. The third kappa shape index (κ3) is 8.11. The first kappa shape index (κ1) is 27.8. The van der Waals surface area contributed by atoms with Crippen LogP contribution in [0.25, 0.3) is 0 Å². The molecule has 0 fully saturated rings. The summed E-state index contributed by atoms with van der Waals surface area (Å²) in [7, 11) is 0. The molecule has 0 aliphatic carbocycles. The number of hydrazone groups is 1. The fourth-order valence-corrected chi connectivity index (χ4v) is 3.55. The minimum absolute atomic E-state index is 0.190. The molecular weight excluding hydrogens is 499 g/mol. The van der Waals surface area contributed by atoms with E-state index in [1.807, 2.05) is 20.8 Å². The number of nitrogens with zero attached hydrogens (tertiary/aromatic N) is 1. The molecule has 196 valence electrons. The Kier molecular flexibility index (Phi) is 10.6. The molecule has 1 amide bonds. The molecule has 0 saturated heterocycles. The molecular formula is C28H30ClFN2O5. The summed E-state index contributed by atoms with van der Waals surface area (Å²) in [5.41, 5.74) is 4.26. The molecule has 3 aromatic carbocycles. The van der Waals surface area contributed by atoms with Crippen LogP contribution in [0.1, 0.15) is 48.7 Å². The van der Waals surface area contributed by atoms with Crippen molar-refractivity contribution in [2.45, 2.75) is 33.8 Å². The first-order valence-electron chi connectivity index (χ1n) is 12.0. The Labute approximate surface area is 221 Å². The molecule has 0 heterocycles. The van der Waals surface area contributed by atoms with Crippen LogP contribution in [0, 0.1) is 5.82 Å². The molecule has 3 aromatic rings. The Morgan fingerprint density at radius 2 is 1.65 bits per heavy atom. The van der Waals surface area contributed by atoms with Crippen molar-refractivity contribution >= 4 is 23.7 Å². The van der Waals surface area contributed by atoms with Gasteiger partial charge in [0.25, 0.3) is 5.91 Å². The van der Waals surface area contributed by atoms with E-state index in [9.17, 15) is 9.18 Å². The first-order chi connectivity index (χ1) is 17.9. The van der Waals surface area contributed by atoms with Crippen molar-refractivity contribution in [1.29, 1.82) is 0 Å². The van der Waals surface area contributed by atoms with E-state index in [0.29, 0.717) is 59.0 Å². The first-order valence-corrected chi connectivity index (χ1v) is 12.4. The number of carbonyl (C=O) groups is 1. The van der Waals surface area contributed by atoms with Crippen LogP contribution >= 0.6 is 11.6 Å². The quantitative estimate of drug-likeness (QED) is 0.205. The third-order valence-corrected chi connectivity index (χ3v) is 5.26. The van der Waals surface area contributed by atoms with Crippen LogP contribution < -0.4 is 24.4 Å². The molecule has 9 heteroatoms. The predicted octanol–water partition coefficient (Wildman–Crippen LogP) is 6.41. The van der Waals surface area contributed by atoms with Gasteiger partial charge in [-0.1, -0.05) is 30.7 Å². The van der Waals surface area contributed by atoms with Gasteiger partial charge in [-0.2, -0.15) is 5.10 Å². The van der Waals surface area contributed by atoms with Crippen molar-refractivity contribution in [3.63, 3.8) is 0 Å². The summed E-state index contributed by atoms with van der Waals surface area (Å²) in [5.74, 6) is 1.15. The molecule has 0 aliphatic rings. The monoisotopic (exact) mass is 528 g/mol. The van der Waals surface area contributed by atoms with E-state index in [1.165, 1.54) is 18.3 Å². The molecule has 0 spiro atoms. The lowest BCUT2D eigenvalue weighted by Gasteiger charge is -2.14. The Balaban J connectivity index is 1.70. The van der Waals surface area contributed by atoms with Crippen molar-refractivity contribution in [2.24, 2.45) is 5.10 Å². The fraction of sp³-hybridized carbons (Fsp3) is 0.286. The molecule has 0 aliphatic heterocycles. The molecule has 37 heavy (non-hydrogen) atoms. The van der Waals surface area contributed by atoms with Crippen molar-refractivity contribution in [3.05, 3.63) is 82.1 Å². The topological polar surface area (TPSA) is 78.4 Å². The molecule has 0 bridgehead atoms. The molecule has 0 saturated carbocycles. The van der Waals surface area contributed by atoms with Crippen molar-refractivity contribution in [3.8, 4) is 23.0 Å². The lowest BCUT2D eigenvalue weighted by Crippen LogP contribution is -2.17. The van der Waals surface area contributed by atoms with Crippen molar-refractivity contribution < 1.29 is 28.1 Å². The Hall–Kier alpha value is -3.78. The number of nitrogens with one attached hydrogen (secondary N) is 1. The van der Waals surface area contributed by atoms with Gasteiger partial charge in [0.05, 0.1) is 31.1 Å². The number of benzene rings is 3. The zero-order valence-corrected chi connectivity index (χ0v) is 21.8. The molecule has 3 rings (SSSR count). The molecule has 1 N–H and O–H groups in total. The van der Waals surface area contributed by atoms with E-state index in [1.54, 1.807) is 42.5 Å². The Morgan fingerprint density at radius 1 is 0.919 bits per heavy atom. The summed E-state index contributed by atoms with van der Waals surface area (Å²) in [6.45, 7) is 7.29. The molecule has 7 nitrogen and oxygen atoms in total. The minimum Gasteiger partial charge on any atom is -0.490 e. The Bertz CT molecular complexity index is 1220. The number of halogens is 2. The highest BCUT2D eigenvalue weighted by molar-refractivity contribution is 6.32. The van der Waals surface area contributed by atoms with Gasteiger partial charge in [-0.3, -0.25) is 4.79 Å². The van der Waals surface area contributed by atoms with E-state index in [4.69, 9.17) is 30.5 Å². The number of hydrogen-bond acceptors (Lipinski definition) is 6. The normalized spacial score (nSPS) is 10.8. The standard InChI is InChI=1S/C28H30ClFN2O5/c1-4-13-36-24-12-9-21(16-25(24)34-5-2)28(33)32-31-17-20-14-23(29)27(26(15-20)35-6-3)37-18-19-7-10-22(30)11-8-19/h7-12,14-17H,4-6,13,18H2,1-3H3,(H,32,33)/b31-17+. The van der Waals surface area contributed by atoms with Gasteiger partial charge in [0.2, 0.25) is 0 Å². The summed E-state index contributed by atoms with van der Waals surface area (Å²) in [4.78, 5) is 12.6. The molecule has 0 unspecified atom stereocenters. The summed E-state index contributed by atoms with van der Waals surface area (Å²) >= 11 is 6.46. The largest absolute Gasteiger partial charge is 0.490 e. The average Bonchev–Trinajstić information content (AvgIpc) is 2.88. The SMILES string of the molecule is CCCOc1ccc(C(=O)N/N=C/c2cc(Cl)c(OCc3ccc(F)cc3)c(OCC)c2)cc1OCC. The molecule has 0 radical (unpaired) electrons. The average molecular weight is 529 g/mol. The summed E-state index contributed by atoms with van der Waals surface area (Å²) in [6, 6.07) is 14.3. The second-order valence-electron chi connectivity index (χ2n) is 7.82. The maximum absolute atomic E-state index is 13.1. The van der Waals surface area contributed by atoms with Crippen LogP contribution in [0.15, 0.2) is 59.7 Å².